The number of hydrogen-bond acceptors (Lipinski definition) is 14. The zero-order chi connectivity index (χ0) is 38.8. The summed E-state index contributed by atoms with van der Waals surface area (Å²) in [7, 11) is 0. The van der Waals surface area contributed by atoms with Crippen LogP contribution in [0.2, 0.25) is 0 Å². The Morgan fingerprint density at radius 3 is 1.91 bits per heavy atom. The molecule has 11 atom stereocenters. The van der Waals surface area contributed by atoms with Crippen LogP contribution < -0.4 is 0 Å². The minimum Gasteiger partial charge on any atom is -0.457 e. The van der Waals surface area contributed by atoms with E-state index >= 15 is 0 Å². The average molecular weight is 761 g/mol. The van der Waals surface area contributed by atoms with E-state index in [4.69, 9.17) is 28.4 Å². The van der Waals surface area contributed by atoms with Crippen LogP contribution in [0.5, 0.6) is 0 Å². The van der Waals surface area contributed by atoms with E-state index in [1.54, 1.807) is 0 Å². The summed E-state index contributed by atoms with van der Waals surface area (Å²) in [5.74, 6) is -0.401. The zero-order valence-corrected chi connectivity index (χ0v) is 31.7. The van der Waals surface area contributed by atoms with E-state index < -0.39 is 86.7 Å². The fourth-order valence-electron chi connectivity index (χ4n) is 5.88. The fraction of sp³-hybridized carbons (Fsp3) is 0.821. The number of carbonyl (C=O) groups is 1. The number of aliphatic hydroxyl groups excluding tert-OH is 7. The van der Waals surface area contributed by atoms with E-state index in [0.717, 1.165) is 77.0 Å². The summed E-state index contributed by atoms with van der Waals surface area (Å²) < 4.78 is 33.8. The Morgan fingerprint density at radius 2 is 1.23 bits per heavy atom. The van der Waals surface area contributed by atoms with E-state index in [1.165, 1.54) is 0 Å². The van der Waals surface area contributed by atoms with E-state index in [9.17, 15) is 40.5 Å². The van der Waals surface area contributed by atoms with Gasteiger partial charge in [0.05, 0.1) is 26.4 Å². The lowest BCUT2D eigenvalue weighted by molar-refractivity contribution is -0.332. The third kappa shape index (κ3) is 18.6. The van der Waals surface area contributed by atoms with Crippen LogP contribution in [0.15, 0.2) is 36.5 Å². The molecule has 53 heavy (non-hydrogen) atoms. The molecule has 0 spiro atoms. The average Bonchev–Trinajstić information content (AvgIpc) is 3.15. The molecule has 0 aromatic heterocycles. The molecule has 7 N–H and O–H groups in total. The van der Waals surface area contributed by atoms with Crippen LogP contribution in [0.1, 0.15) is 104 Å². The molecule has 2 heterocycles. The number of esters is 1. The second-order valence-corrected chi connectivity index (χ2v) is 13.7. The monoisotopic (exact) mass is 760 g/mol. The van der Waals surface area contributed by atoms with Crippen molar-refractivity contribution in [2.45, 2.75) is 171 Å². The molecular weight excluding hydrogens is 692 g/mol. The Balaban J connectivity index is 1.83. The van der Waals surface area contributed by atoms with Gasteiger partial charge in [-0.05, 0) is 44.9 Å². The van der Waals surface area contributed by atoms with Crippen molar-refractivity contribution in [2.24, 2.45) is 0 Å². The number of unbranched alkanes of at least 4 members (excludes halogenated alkanes) is 8. The van der Waals surface area contributed by atoms with Crippen LogP contribution >= 0.6 is 0 Å². The second-order valence-electron chi connectivity index (χ2n) is 13.7. The number of carbonyl (C=O) groups excluding carboxylic acids is 1. The standard InChI is InChI=1S/C39H68O14/c1-3-5-7-9-10-11-12-13-14-15-16-17-19-21-23-48-25-28(51-31(41)22-20-18-8-6-4-2)26-49-38-37(47)35(45)33(43)30(53-38)27-50-39-36(46)34(44)32(42)29(24-40)52-39/h5,7,10-11,13-14,28-30,32-40,42-47H,3-4,6,8-9,12,15-27H2,1-2H3/b7-5-,11-10-,14-13-. The summed E-state index contributed by atoms with van der Waals surface area (Å²) in [6.07, 6.45) is 9.96. The lowest BCUT2D eigenvalue weighted by Crippen LogP contribution is -2.61. The zero-order valence-electron chi connectivity index (χ0n) is 31.7. The second kappa shape index (κ2) is 28.6. The lowest BCUT2D eigenvalue weighted by atomic mass is 9.98. The van der Waals surface area contributed by atoms with Gasteiger partial charge in [0, 0.05) is 13.0 Å². The van der Waals surface area contributed by atoms with Crippen LogP contribution in [0, 0.1) is 0 Å². The van der Waals surface area contributed by atoms with Crippen LogP contribution in [-0.4, -0.2) is 142 Å². The third-order valence-corrected chi connectivity index (χ3v) is 9.16. The molecular formula is C39H68O14. The van der Waals surface area contributed by atoms with Gasteiger partial charge in [-0.1, -0.05) is 88.8 Å². The van der Waals surface area contributed by atoms with Gasteiger partial charge in [0.25, 0.3) is 0 Å². The Hall–Kier alpha value is -1.79. The molecule has 2 rings (SSSR count). The largest absolute Gasteiger partial charge is 0.457 e. The molecule has 2 fully saturated rings. The summed E-state index contributed by atoms with van der Waals surface area (Å²) in [6, 6.07) is 0. The molecule has 0 radical (unpaired) electrons. The van der Waals surface area contributed by atoms with Crippen LogP contribution in [-0.2, 0) is 33.2 Å². The Labute approximate surface area is 315 Å². The summed E-state index contributed by atoms with van der Waals surface area (Å²) in [4.78, 5) is 12.7. The van der Waals surface area contributed by atoms with Gasteiger partial charge in [-0.15, -0.1) is 0 Å². The van der Waals surface area contributed by atoms with Crippen molar-refractivity contribution < 1.29 is 69.0 Å². The molecule has 0 aromatic rings. The lowest BCUT2D eigenvalue weighted by Gasteiger charge is -2.42. The number of hydrogen-bond donors (Lipinski definition) is 7. The maximum Gasteiger partial charge on any atom is 0.306 e. The molecule has 308 valence electrons. The van der Waals surface area contributed by atoms with Gasteiger partial charge >= 0.3 is 5.97 Å². The van der Waals surface area contributed by atoms with Crippen molar-refractivity contribution >= 4 is 5.97 Å². The summed E-state index contributed by atoms with van der Waals surface area (Å²) in [6.45, 7) is 3.37. The van der Waals surface area contributed by atoms with Crippen molar-refractivity contribution in [3.05, 3.63) is 36.5 Å². The smallest absolute Gasteiger partial charge is 0.306 e. The van der Waals surface area contributed by atoms with Crippen molar-refractivity contribution in [2.75, 3.05) is 33.0 Å². The predicted molar refractivity (Wildman–Crippen MR) is 196 cm³/mol. The number of allylic oxidation sites excluding steroid dienone is 6. The minimum absolute atomic E-state index is 0.0453. The van der Waals surface area contributed by atoms with Crippen LogP contribution in [0.4, 0.5) is 0 Å². The van der Waals surface area contributed by atoms with Gasteiger partial charge < -0.3 is 64.2 Å². The van der Waals surface area contributed by atoms with Gasteiger partial charge in [0.15, 0.2) is 12.6 Å². The highest BCUT2D eigenvalue weighted by atomic mass is 16.7. The first kappa shape index (κ1) is 47.4. The molecule has 0 amide bonds. The van der Waals surface area contributed by atoms with Gasteiger partial charge in [-0.3, -0.25) is 4.79 Å². The van der Waals surface area contributed by atoms with Crippen molar-refractivity contribution in [3.63, 3.8) is 0 Å². The van der Waals surface area contributed by atoms with Crippen LogP contribution in [0.25, 0.3) is 0 Å². The molecule has 14 nitrogen and oxygen atoms in total. The molecule has 0 saturated carbocycles. The van der Waals surface area contributed by atoms with E-state index in [0.29, 0.717) is 13.0 Å². The first-order valence-electron chi connectivity index (χ1n) is 19.6. The topological polar surface area (TPSA) is 214 Å². The number of ether oxygens (including phenoxy) is 6. The predicted octanol–water partition coefficient (Wildman–Crippen LogP) is 2.73. The summed E-state index contributed by atoms with van der Waals surface area (Å²) in [5, 5.41) is 71.4. The number of rotatable bonds is 28. The Kier molecular flexibility index (Phi) is 25.6. The highest BCUT2D eigenvalue weighted by molar-refractivity contribution is 5.69. The van der Waals surface area contributed by atoms with Crippen molar-refractivity contribution in [1.82, 2.24) is 0 Å². The molecule has 0 aromatic carbocycles. The van der Waals surface area contributed by atoms with E-state index in [2.05, 4.69) is 50.3 Å². The van der Waals surface area contributed by atoms with Gasteiger partial charge in [0.1, 0.15) is 54.9 Å². The molecule has 11 unspecified atom stereocenters. The van der Waals surface area contributed by atoms with Gasteiger partial charge in [0.2, 0.25) is 0 Å². The SMILES string of the molecule is CC/C=C\C/C=C\C/C=C\CCCCCCOCC(COC1OC(COC2OC(CO)C(O)C(O)C2O)C(O)C(O)C1O)OC(=O)CCCCCCC. The molecule has 2 saturated heterocycles. The normalized spacial score (nSPS) is 30.1. The highest BCUT2D eigenvalue weighted by Crippen LogP contribution is 2.26. The summed E-state index contributed by atoms with van der Waals surface area (Å²) >= 11 is 0. The van der Waals surface area contributed by atoms with E-state index in [1.807, 2.05) is 0 Å². The maximum absolute atomic E-state index is 12.7. The highest BCUT2D eigenvalue weighted by Gasteiger charge is 2.47. The van der Waals surface area contributed by atoms with Crippen LogP contribution in [0.3, 0.4) is 0 Å². The molecule has 0 bridgehead atoms. The fourth-order valence-corrected chi connectivity index (χ4v) is 5.88. The minimum atomic E-state index is -1.71. The summed E-state index contributed by atoms with van der Waals surface area (Å²) in [5.41, 5.74) is 0. The van der Waals surface area contributed by atoms with E-state index in [-0.39, 0.29) is 19.6 Å². The third-order valence-electron chi connectivity index (χ3n) is 9.16. The first-order valence-corrected chi connectivity index (χ1v) is 19.6. The molecule has 2 aliphatic rings. The van der Waals surface area contributed by atoms with Gasteiger partial charge in [-0.25, -0.2) is 0 Å². The molecule has 2 aliphatic heterocycles. The Morgan fingerprint density at radius 1 is 0.642 bits per heavy atom. The van der Waals surface area contributed by atoms with Gasteiger partial charge in [-0.2, -0.15) is 0 Å². The molecule has 0 aliphatic carbocycles. The van der Waals surface area contributed by atoms with Crippen molar-refractivity contribution in [1.29, 1.82) is 0 Å². The van der Waals surface area contributed by atoms with Crippen molar-refractivity contribution in [3.8, 4) is 0 Å². The number of aliphatic hydroxyl groups is 7. The maximum atomic E-state index is 12.7. The quantitative estimate of drug-likeness (QED) is 0.0347. The molecule has 14 heteroatoms. The first-order chi connectivity index (χ1) is 25.6. The Bertz CT molecular complexity index is 1020.